The van der Waals surface area contributed by atoms with Crippen LogP contribution in [0.2, 0.25) is 0 Å². The maximum atomic E-state index is 12.3. The van der Waals surface area contributed by atoms with Crippen molar-refractivity contribution >= 4 is 45.6 Å². The summed E-state index contributed by atoms with van der Waals surface area (Å²) in [6, 6.07) is 4.93. The summed E-state index contributed by atoms with van der Waals surface area (Å²) < 4.78 is 26.9. The van der Waals surface area contributed by atoms with Gasteiger partial charge in [0.25, 0.3) is 5.69 Å². The lowest BCUT2D eigenvalue weighted by Crippen LogP contribution is -2.40. The lowest BCUT2D eigenvalue weighted by Gasteiger charge is -2.21. The van der Waals surface area contributed by atoms with Crippen LogP contribution in [0.1, 0.15) is 19.8 Å². The maximum absolute atomic E-state index is 12.3. The first-order valence-electron chi connectivity index (χ1n) is 8.66. The predicted octanol–water partition coefficient (Wildman–Crippen LogP) is 2.35. The number of nitro benzene ring substituents is 1. The number of nitrogens with zero attached hydrogens (tertiary/aromatic N) is 3. The van der Waals surface area contributed by atoms with Crippen LogP contribution in [0, 0.1) is 10.1 Å². The van der Waals surface area contributed by atoms with Crippen molar-refractivity contribution in [2.24, 2.45) is 4.99 Å². The van der Waals surface area contributed by atoms with Crippen molar-refractivity contribution < 1.29 is 13.3 Å². The largest absolute Gasteiger partial charge is 0.357 e. The number of hydrogen-bond donors (Lipinski definition) is 2. The summed E-state index contributed by atoms with van der Waals surface area (Å²) in [5.41, 5.74) is -0.272. The molecule has 0 fully saturated rings. The zero-order valence-electron chi connectivity index (χ0n) is 16.1. The number of rotatable bonds is 11. The SMILES string of the molecule is C=CCCCN(C)C(=NCCNS(=O)(=O)c1cccc([N+](=O)[O-])c1)NCC.I. The van der Waals surface area contributed by atoms with E-state index in [4.69, 9.17) is 0 Å². The molecule has 0 saturated carbocycles. The molecule has 1 rings (SSSR count). The molecule has 0 saturated heterocycles. The Morgan fingerprint density at radius 2 is 2.14 bits per heavy atom. The number of non-ortho nitro benzene ring substituents is 1. The lowest BCUT2D eigenvalue weighted by molar-refractivity contribution is -0.385. The highest BCUT2D eigenvalue weighted by atomic mass is 127. The molecule has 0 heterocycles. The van der Waals surface area contributed by atoms with Gasteiger partial charge in [-0.2, -0.15) is 0 Å². The first-order chi connectivity index (χ1) is 12.8. The van der Waals surface area contributed by atoms with Gasteiger partial charge in [0.1, 0.15) is 0 Å². The molecule has 0 amide bonds. The summed E-state index contributed by atoms with van der Waals surface area (Å²) in [4.78, 5) is 16.4. The monoisotopic (exact) mass is 525 g/mol. The molecule has 0 spiro atoms. The molecule has 0 bridgehead atoms. The van der Waals surface area contributed by atoms with Crippen LogP contribution in [0.5, 0.6) is 0 Å². The second-order valence-electron chi connectivity index (χ2n) is 5.74. The van der Waals surface area contributed by atoms with Crippen molar-refractivity contribution in [1.82, 2.24) is 14.9 Å². The van der Waals surface area contributed by atoms with Gasteiger partial charge in [-0.1, -0.05) is 12.1 Å². The van der Waals surface area contributed by atoms with Crippen LogP contribution >= 0.6 is 24.0 Å². The molecule has 0 unspecified atom stereocenters. The fraction of sp³-hybridized carbons (Fsp3) is 0.471. The molecule has 0 aromatic heterocycles. The Kier molecular flexibility index (Phi) is 12.6. The van der Waals surface area contributed by atoms with Gasteiger partial charge in [-0.25, -0.2) is 13.1 Å². The van der Waals surface area contributed by atoms with Crippen LogP contribution < -0.4 is 10.0 Å². The number of halogens is 1. The zero-order chi connectivity index (χ0) is 20.3. The second-order valence-corrected chi connectivity index (χ2v) is 7.51. The van der Waals surface area contributed by atoms with Crippen molar-refractivity contribution in [1.29, 1.82) is 0 Å². The van der Waals surface area contributed by atoms with Crippen LogP contribution in [0.3, 0.4) is 0 Å². The van der Waals surface area contributed by atoms with Gasteiger partial charge >= 0.3 is 0 Å². The van der Waals surface area contributed by atoms with Gasteiger partial charge in [-0.3, -0.25) is 15.1 Å². The minimum absolute atomic E-state index is 0. The molecule has 28 heavy (non-hydrogen) atoms. The fourth-order valence-electron chi connectivity index (χ4n) is 2.24. The van der Waals surface area contributed by atoms with Gasteiger partial charge in [0.15, 0.2) is 5.96 Å². The summed E-state index contributed by atoms with van der Waals surface area (Å²) in [6.07, 6.45) is 3.72. The molecule has 9 nitrogen and oxygen atoms in total. The Morgan fingerprint density at radius 3 is 2.75 bits per heavy atom. The van der Waals surface area contributed by atoms with Gasteiger partial charge in [-0.15, -0.1) is 30.6 Å². The average Bonchev–Trinajstić information content (AvgIpc) is 2.64. The molecule has 0 aliphatic heterocycles. The van der Waals surface area contributed by atoms with Crippen LogP contribution in [-0.2, 0) is 10.0 Å². The number of allylic oxidation sites excluding steroid dienone is 1. The summed E-state index contributed by atoms with van der Waals surface area (Å²) in [5, 5.41) is 13.9. The highest BCUT2D eigenvalue weighted by Gasteiger charge is 2.17. The highest BCUT2D eigenvalue weighted by molar-refractivity contribution is 14.0. The number of sulfonamides is 1. The van der Waals surface area contributed by atoms with Crippen molar-refractivity contribution in [3.8, 4) is 0 Å². The van der Waals surface area contributed by atoms with E-state index >= 15 is 0 Å². The van der Waals surface area contributed by atoms with E-state index in [-0.39, 0.29) is 47.6 Å². The molecule has 0 aliphatic carbocycles. The molecule has 2 N–H and O–H groups in total. The molecule has 1 aromatic rings. The van der Waals surface area contributed by atoms with Crippen molar-refractivity contribution in [2.45, 2.75) is 24.7 Å². The minimum atomic E-state index is -3.83. The van der Waals surface area contributed by atoms with Gasteiger partial charge in [0.2, 0.25) is 10.0 Å². The van der Waals surface area contributed by atoms with Crippen LogP contribution in [-0.4, -0.2) is 57.4 Å². The number of aliphatic imine (C=N–C) groups is 1. The van der Waals surface area contributed by atoms with E-state index in [0.29, 0.717) is 12.5 Å². The number of unbranched alkanes of at least 4 members (excludes halogenated alkanes) is 1. The summed E-state index contributed by atoms with van der Waals surface area (Å²) in [7, 11) is -1.92. The smallest absolute Gasteiger partial charge is 0.270 e. The third-order valence-corrected chi connectivity index (χ3v) is 5.06. The van der Waals surface area contributed by atoms with Gasteiger partial charge in [0, 0.05) is 38.8 Å². The van der Waals surface area contributed by atoms with E-state index in [0.717, 1.165) is 25.5 Å². The third kappa shape index (κ3) is 8.97. The van der Waals surface area contributed by atoms with Crippen molar-refractivity contribution in [2.75, 3.05) is 33.2 Å². The summed E-state index contributed by atoms with van der Waals surface area (Å²) >= 11 is 0. The van der Waals surface area contributed by atoms with Gasteiger partial charge in [0.05, 0.1) is 16.4 Å². The molecule has 11 heteroatoms. The van der Waals surface area contributed by atoms with E-state index < -0.39 is 14.9 Å². The number of benzene rings is 1. The number of guanidine groups is 1. The molecule has 0 aliphatic rings. The molecule has 1 aromatic carbocycles. The number of hydrogen-bond acceptors (Lipinski definition) is 5. The zero-order valence-corrected chi connectivity index (χ0v) is 19.3. The van der Waals surface area contributed by atoms with Crippen LogP contribution in [0.25, 0.3) is 0 Å². The normalized spacial score (nSPS) is 11.4. The molecular formula is C17H28IN5O4S. The predicted molar refractivity (Wildman–Crippen MR) is 122 cm³/mol. The Hall–Kier alpha value is -1.73. The van der Waals surface area contributed by atoms with Gasteiger partial charge < -0.3 is 10.2 Å². The molecule has 0 radical (unpaired) electrons. The topological polar surface area (TPSA) is 117 Å². The van der Waals surface area contributed by atoms with E-state index in [1.165, 1.54) is 18.2 Å². The molecular weight excluding hydrogens is 497 g/mol. The number of nitro groups is 1. The number of nitrogens with one attached hydrogen (secondary N) is 2. The van der Waals surface area contributed by atoms with Crippen molar-refractivity contribution in [3.05, 3.63) is 47.0 Å². The van der Waals surface area contributed by atoms with E-state index in [1.807, 2.05) is 24.9 Å². The fourth-order valence-corrected chi connectivity index (χ4v) is 3.30. The maximum Gasteiger partial charge on any atom is 0.270 e. The van der Waals surface area contributed by atoms with Crippen LogP contribution in [0.15, 0.2) is 46.8 Å². The average molecular weight is 525 g/mol. The Bertz CT molecular complexity index is 771. The standard InChI is InChI=1S/C17H27N5O4S.HI/c1-4-6-7-13-21(3)17(18-5-2)19-11-12-20-27(25,26)16-10-8-9-15(14-16)22(23)24;/h4,8-10,14,20H,1,5-7,11-13H2,2-3H3,(H,18,19);1H. The quantitative estimate of drug-likeness (QED) is 0.0872. The Balaban J connectivity index is 0.00000729. The highest BCUT2D eigenvalue weighted by Crippen LogP contribution is 2.16. The van der Waals surface area contributed by atoms with Gasteiger partial charge in [-0.05, 0) is 25.8 Å². The van der Waals surface area contributed by atoms with Crippen molar-refractivity contribution in [3.63, 3.8) is 0 Å². The third-order valence-electron chi connectivity index (χ3n) is 3.60. The van der Waals surface area contributed by atoms with E-state index in [9.17, 15) is 18.5 Å². The summed E-state index contributed by atoms with van der Waals surface area (Å²) in [6.45, 7) is 7.48. The summed E-state index contributed by atoms with van der Waals surface area (Å²) in [5.74, 6) is 0.691. The lowest BCUT2D eigenvalue weighted by atomic mass is 10.3. The Morgan fingerprint density at radius 1 is 1.43 bits per heavy atom. The minimum Gasteiger partial charge on any atom is -0.357 e. The molecule has 158 valence electrons. The Labute approximate surface area is 183 Å². The first-order valence-corrected chi connectivity index (χ1v) is 10.1. The van der Waals surface area contributed by atoms with E-state index in [1.54, 1.807) is 0 Å². The molecule has 0 atom stereocenters. The first kappa shape index (κ1) is 26.3. The van der Waals surface area contributed by atoms with Crippen LogP contribution in [0.4, 0.5) is 5.69 Å². The van der Waals surface area contributed by atoms with E-state index in [2.05, 4.69) is 21.6 Å². The second kappa shape index (κ2) is 13.4.